The fraction of sp³-hybridized carbons (Fsp3) is 0.208. The minimum Gasteiger partial charge on any atom is -0.465 e. The zero-order valence-corrected chi connectivity index (χ0v) is 17.9. The number of hydrogen-bond donors (Lipinski definition) is 1. The Morgan fingerprint density at radius 1 is 0.931 bits per heavy atom. The molecule has 0 radical (unpaired) electrons. The second kappa shape index (κ2) is 10.9. The molecule has 150 valence electrons. The summed E-state index contributed by atoms with van der Waals surface area (Å²) in [6.07, 6.45) is -0.0609. The van der Waals surface area contributed by atoms with Crippen molar-refractivity contribution in [3.05, 3.63) is 106 Å². The molecule has 0 aliphatic heterocycles. The van der Waals surface area contributed by atoms with E-state index in [1.165, 1.54) is 7.11 Å². The molecule has 0 aromatic heterocycles. The van der Waals surface area contributed by atoms with Gasteiger partial charge in [-0.15, -0.1) is 0 Å². The smallest absolute Gasteiger partial charge is 0.337 e. The standard InChI is InChI=1S/C24H24BrNO3/c1-28-24(27)21-11-7-18(8-12-21)15-26-16-23(20-5-3-2-4-6-20)29-17-19-9-13-22(25)14-10-19/h2-14,23,26H,15-17H2,1H3. The van der Waals surface area contributed by atoms with E-state index in [-0.39, 0.29) is 12.1 Å². The highest BCUT2D eigenvalue weighted by Crippen LogP contribution is 2.20. The lowest BCUT2D eigenvalue weighted by Gasteiger charge is -2.19. The normalized spacial score (nSPS) is 11.8. The van der Waals surface area contributed by atoms with Gasteiger partial charge in [-0.25, -0.2) is 4.79 Å². The topological polar surface area (TPSA) is 47.6 Å². The molecular formula is C24H24BrNO3. The number of carbonyl (C=O) groups is 1. The van der Waals surface area contributed by atoms with Crippen LogP contribution in [-0.4, -0.2) is 19.6 Å². The Hall–Kier alpha value is -2.47. The van der Waals surface area contributed by atoms with Crippen molar-refractivity contribution in [3.63, 3.8) is 0 Å². The van der Waals surface area contributed by atoms with Crippen molar-refractivity contribution in [3.8, 4) is 0 Å². The number of carbonyl (C=O) groups excluding carboxylic acids is 1. The summed E-state index contributed by atoms with van der Waals surface area (Å²) in [6, 6.07) is 25.8. The zero-order chi connectivity index (χ0) is 20.5. The van der Waals surface area contributed by atoms with Crippen LogP contribution in [0.25, 0.3) is 0 Å². The number of nitrogens with one attached hydrogen (secondary N) is 1. The number of methoxy groups -OCH3 is 1. The molecule has 5 heteroatoms. The minimum absolute atomic E-state index is 0.0609. The van der Waals surface area contributed by atoms with Crippen LogP contribution in [0.5, 0.6) is 0 Å². The second-order valence-corrected chi connectivity index (χ2v) is 7.57. The van der Waals surface area contributed by atoms with E-state index in [1.807, 2.05) is 42.5 Å². The number of esters is 1. The average Bonchev–Trinajstić information content (AvgIpc) is 2.77. The predicted octanol–water partition coefficient (Wildman–Crippen LogP) is 5.28. The third-order valence-electron chi connectivity index (χ3n) is 4.57. The number of rotatable bonds is 9. The van der Waals surface area contributed by atoms with E-state index in [1.54, 1.807) is 12.1 Å². The first-order valence-electron chi connectivity index (χ1n) is 9.44. The molecule has 0 heterocycles. The first-order chi connectivity index (χ1) is 14.2. The van der Waals surface area contributed by atoms with Crippen LogP contribution in [0.2, 0.25) is 0 Å². The maximum atomic E-state index is 11.5. The van der Waals surface area contributed by atoms with Gasteiger partial charge in [0.2, 0.25) is 0 Å². The summed E-state index contributed by atoms with van der Waals surface area (Å²) in [5.74, 6) is -0.324. The molecule has 0 amide bonds. The summed E-state index contributed by atoms with van der Waals surface area (Å²) in [6.45, 7) is 1.91. The van der Waals surface area contributed by atoms with Gasteiger partial charge in [-0.3, -0.25) is 0 Å². The van der Waals surface area contributed by atoms with Gasteiger partial charge in [-0.1, -0.05) is 70.5 Å². The summed E-state index contributed by atoms with van der Waals surface area (Å²) < 4.78 is 12.0. The molecule has 1 atom stereocenters. The Bertz CT molecular complexity index is 896. The SMILES string of the molecule is COC(=O)c1ccc(CNCC(OCc2ccc(Br)cc2)c2ccccc2)cc1. The monoisotopic (exact) mass is 453 g/mol. The van der Waals surface area contributed by atoms with Crippen molar-refractivity contribution in [2.45, 2.75) is 19.3 Å². The fourth-order valence-electron chi connectivity index (χ4n) is 2.94. The van der Waals surface area contributed by atoms with E-state index in [4.69, 9.17) is 9.47 Å². The van der Waals surface area contributed by atoms with Crippen LogP contribution in [-0.2, 0) is 22.6 Å². The number of ether oxygens (including phenoxy) is 2. The summed E-state index contributed by atoms with van der Waals surface area (Å²) in [5, 5.41) is 3.46. The van der Waals surface area contributed by atoms with E-state index in [0.717, 1.165) is 21.2 Å². The number of benzene rings is 3. The van der Waals surface area contributed by atoms with Gasteiger partial charge >= 0.3 is 5.97 Å². The summed E-state index contributed by atoms with van der Waals surface area (Å²) in [4.78, 5) is 11.5. The first-order valence-corrected chi connectivity index (χ1v) is 10.2. The molecule has 0 bridgehead atoms. The quantitative estimate of drug-likeness (QED) is 0.447. The zero-order valence-electron chi connectivity index (χ0n) is 16.3. The molecule has 1 N–H and O–H groups in total. The van der Waals surface area contributed by atoms with Crippen molar-refractivity contribution < 1.29 is 14.3 Å². The highest BCUT2D eigenvalue weighted by molar-refractivity contribution is 9.10. The van der Waals surface area contributed by atoms with Crippen LogP contribution in [0.1, 0.15) is 33.2 Å². The third kappa shape index (κ3) is 6.53. The predicted molar refractivity (Wildman–Crippen MR) is 118 cm³/mol. The van der Waals surface area contributed by atoms with Crippen molar-refractivity contribution in [1.29, 1.82) is 0 Å². The molecular weight excluding hydrogens is 430 g/mol. The first kappa shape index (κ1) is 21.2. The Balaban J connectivity index is 1.58. The lowest BCUT2D eigenvalue weighted by atomic mass is 10.1. The Morgan fingerprint density at radius 2 is 1.59 bits per heavy atom. The molecule has 29 heavy (non-hydrogen) atoms. The second-order valence-electron chi connectivity index (χ2n) is 6.66. The van der Waals surface area contributed by atoms with Crippen molar-refractivity contribution in [2.24, 2.45) is 0 Å². The highest BCUT2D eigenvalue weighted by Gasteiger charge is 2.12. The largest absolute Gasteiger partial charge is 0.465 e. The van der Waals surface area contributed by atoms with E-state index in [9.17, 15) is 4.79 Å². The molecule has 0 aliphatic carbocycles. The molecule has 1 unspecified atom stereocenters. The minimum atomic E-state index is -0.324. The van der Waals surface area contributed by atoms with E-state index >= 15 is 0 Å². The number of halogens is 1. The van der Waals surface area contributed by atoms with E-state index in [2.05, 4.69) is 45.5 Å². The maximum absolute atomic E-state index is 11.5. The van der Waals surface area contributed by atoms with Crippen LogP contribution >= 0.6 is 15.9 Å². The molecule has 0 aliphatic rings. The van der Waals surface area contributed by atoms with Gasteiger partial charge in [0.05, 0.1) is 25.4 Å². The van der Waals surface area contributed by atoms with Crippen molar-refractivity contribution >= 4 is 21.9 Å². The van der Waals surface area contributed by atoms with Gasteiger partial charge in [-0.05, 0) is 41.0 Å². The van der Waals surface area contributed by atoms with Crippen LogP contribution in [0, 0.1) is 0 Å². The average molecular weight is 454 g/mol. The van der Waals surface area contributed by atoms with Crippen molar-refractivity contribution in [1.82, 2.24) is 5.32 Å². The lowest BCUT2D eigenvalue weighted by molar-refractivity contribution is 0.0396. The lowest BCUT2D eigenvalue weighted by Crippen LogP contribution is -2.23. The van der Waals surface area contributed by atoms with Crippen molar-refractivity contribution in [2.75, 3.05) is 13.7 Å². The van der Waals surface area contributed by atoms with Crippen LogP contribution in [0.3, 0.4) is 0 Å². The van der Waals surface area contributed by atoms with Gasteiger partial charge in [0, 0.05) is 17.6 Å². The van der Waals surface area contributed by atoms with E-state index < -0.39 is 0 Å². The molecule has 4 nitrogen and oxygen atoms in total. The Morgan fingerprint density at radius 3 is 2.24 bits per heavy atom. The molecule has 3 aromatic rings. The van der Waals surface area contributed by atoms with E-state index in [0.29, 0.717) is 25.3 Å². The summed E-state index contributed by atoms with van der Waals surface area (Å²) >= 11 is 3.46. The van der Waals surface area contributed by atoms with Crippen LogP contribution in [0.15, 0.2) is 83.3 Å². The molecule has 3 rings (SSSR count). The summed E-state index contributed by atoms with van der Waals surface area (Å²) in [7, 11) is 1.38. The fourth-order valence-corrected chi connectivity index (χ4v) is 3.21. The Labute approximate surface area is 180 Å². The van der Waals surface area contributed by atoms with Gasteiger partial charge in [0.15, 0.2) is 0 Å². The maximum Gasteiger partial charge on any atom is 0.337 e. The highest BCUT2D eigenvalue weighted by atomic mass is 79.9. The molecule has 0 saturated heterocycles. The molecule has 0 spiro atoms. The van der Waals surface area contributed by atoms with Gasteiger partial charge < -0.3 is 14.8 Å². The molecule has 0 saturated carbocycles. The summed E-state index contributed by atoms with van der Waals surface area (Å²) in [5.41, 5.74) is 3.92. The number of hydrogen-bond acceptors (Lipinski definition) is 4. The molecule has 0 fully saturated rings. The van der Waals surface area contributed by atoms with Gasteiger partial charge in [0.1, 0.15) is 0 Å². The van der Waals surface area contributed by atoms with Gasteiger partial charge in [0.25, 0.3) is 0 Å². The third-order valence-corrected chi connectivity index (χ3v) is 5.10. The van der Waals surface area contributed by atoms with Crippen LogP contribution in [0.4, 0.5) is 0 Å². The Kier molecular flexibility index (Phi) is 7.99. The molecule has 3 aromatic carbocycles. The van der Waals surface area contributed by atoms with Crippen LogP contribution < -0.4 is 5.32 Å². The van der Waals surface area contributed by atoms with Gasteiger partial charge in [-0.2, -0.15) is 0 Å².